The summed E-state index contributed by atoms with van der Waals surface area (Å²) in [7, 11) is 0. The van der Waals surface area contributed by atoms with E-state index in [4.69, 9.17) is 0 Å². The van der Waals surface area contributed by atoms with E-state index in [1.165, 1.54) is 23.1 Å². The highest BCUT2D eigenvalue weighted by atomic mass is 19.4. The smallest absolute Gasteiger partial charge is 0.371 e. The lowest BCUT2D eigenvalue weighted by atomic mass is 10.0. The van der Waals surface area contributed by atoms with Crippen molar-refractivity contribution in [1.29, 1.82) is 0 Å². The summed E-state index contributed by atoms with van der Waals surface area (Å²) in [5, 5.41) is 3.18. The van der Waals surface area contributed by atoms with Crippen LogP contribution in [0.5, 0.6) is 0 Å². The molecule has 0 fully saturated rings. The van der Waals surface area contributed by atoms with Gasteiger partial charge in [-0.05, 0) is 42.9 Å². The van der Waals surface area contributed by atoms with Crippen molar-refractivity contribution in [2.24, 2.45) is 0 Å². The second kappa shape index (κ2) is 6.59. The van der Waals surface area contributed by atoms with Gasteiger partial charge in [-0.25, -0.2) is 0 Å². The standard InChI is InChI=1S/C15H20F3NO/c1-11(19-7-8-20-10-15(16,17)18)13-6-5-12-3-2-4-14(12)9-13/h5-6,9,11,19H,2-4,7-8,10H2,1H3. The number of ether oxygens (including phenoxy) is 1. The molecule has 0 saturated heterocycles. The molecule has 0 bridgehead atoms. The van der Waals surface area contributed by atoms with Gasteiger partial charge in [-0.2, -0.15) is 13.2 Å². The molecule has 1 atom stereocenters. The Morgan fingerprint density at radius 3 is 2.75 bits per heavy atom. The van der Waals surface area contributed by atoms with Crippen molar-refractivity contribution in [1.82, 2.24) is 5.32 Å². The Labute approximate surface area is 117 Å². The van der Waals surface area contributed by atoms with Crippen molar-refractivity contribution in [2.75, 3.05) is 19.8 Å². The highest BCUT2D eigenvalue weighted by molar-refractivity contribution is 5.36. The quantitative estimate of drug-likeness (QED) is 0.810. The molecule has 1 unspecified atom stereocenters. The van der Waals surface area contributed by atoms with Crippen molar-refractivity contribution >= 4 is 0 Å². The van der Waals surface area contributed by atoms with Crippen LogP contribution in [-0.2, 0) is 17.6 Å². The van der Waals surface area contributed by atoms with Crippen LogP contribution in [0.25, 0.3) is 0 Å². The van der Waals surface area contributed by atoms with E-state index in [2.05, 4.69) is 28.3 Å². The first-order valence-corrected chi connectivity index (χ1v) is 6.95. The summed E-state index contributed by atoms with van der Waals surface area (Å²) in [6.07, 6.45) is -0.745. The molecule has 0 aromatic heterocycles. The molecule has 2 rings (SSSR count). The van der Waals surface area contributed by atoms with E-state index in [-0.39, 0.29) is 12.6 Å². The number of hydrogen-bond acceptors (Lipinski definition) is 2. The van der Waals surface area contributed by atoms with Crippen LogP contribution in [0, 0.1) is 0 Å². The molecular formula is C15H20F3NO. The molecule has 0 amide bonds. The van der Waals surface area contributed by atoms with Crippen molar-refractivity contribution in [2.45, 2.75) is 38.4 Å². The zero-order chi connectivity index (χ0) is 14.6. The van der Waals surface area contributed by atoms with Gasteiger partial charge >= 0.3 is 6.18 Å². The summed E-state index contributed by atoms with van der Waals surface area (Å²) in [4.78, 5) is 0. The van der Waals surface area contributed by atoms with E-state index in [1.807, 2.05) is 6.92 Å². The van der Waals surface area contributed by atoms with Gasteiger partial charge in [0.1, 0.15) is 6.61 Å². The molecular weight excluding hydrogens is 267 g/mol. The third-order valence-electron chi connectivity index (χ3n) is 3.59. The van der Waals surface area contributed by atoms with Crippen LogP contribution < -0.4 is 5.32 Å². The highest BCUT2D eigenvalue weighted by Crippen LogP contribution is 2.25. The van der Waals surface area contributed by atoms with E-state index in [1.54, 1.807) is 0 Å². The molecule has 1 aliphatic carbocycles. The van der Waals surface area contributed by atoms with E-state index in [0.717, 1.165) is 12.8 Å². The topological polar surface area (TPSA) is 21.3 Å². The first-order chi connectivity index (χ1) is 9.46. The first-order valence-electron chi connectivity index (χ1n) is 6.95. The van der Waals surface area contributed by atoms with Gasteiger partial charge in [0.25, 0.3) is 0 Å². The molecule has 2 nitrogen and oxygen atoms in total. The molecule has 1 aliphatic rings. The number of benzene rings is 1. The lowest BCUT2D eigenvalue weighted by molar-refractivity contribution is -0.173. The minimum absolute atomic E-state index is 0.0643. The Bertz CT molecular complexity index is 445. The largest absolute Gasteiger partial charge is 0.411 e. The molecule has 112 valence electrons. The average molecular weight is 287 g/mol. The fourth-order valence-electron chi connectivity index (χ4n) is 2.51. The molecule has 1 aromatic rings. The van der Waals surface area contributed by atoms with Gasteiger partial charge in [-0.3, -0.25) is 0 Å². The molecule has 1 N–H and O–H groups in total. The first kappa shape index (κ1) is 15.3. The Morgan fingerprint density at radius 2 is 2.00 bits per heavy atom. The second-order valence-corrected chi connectivity index (χ2v) is 5.23. The van der Waals surface area contributed by atoms with E-state index in [9.17, 15) is 13.2 Å². The Kier molecular flexibility index (Phi) is 5.05. The molecule has 1 aromatic carbocycles. The Balaban J connectivity index is 1.73. The number of fused-ring (bicyclic) bond motifs is 1. The number of aryl methyl sites for hydroxylation is 2. The van der Waals surface area contributed by atoms with Crippen molar-refractivity contribution in [3.05, 3.63) is 34.9 Å². The highest BCUT2D eigenvalue weighted by Gasteiger charge is 2.27. The fraction of sp³-hybridized carbons (Fsp3) is 0.600. The van der Waals surface area contributed by atoms with E-state index in [0.29, 0.717) is 6.54 Å². The van der Waals surface area contributed by atoms with Crippen LogP contribution >= 0.6 is 0 Å². The Hall–Kier alpha value is -1.07. The predicted molar refractivity (Wildman–Crippen MR) is 71.8 cm³/mol. The van der Waals surface area contributed by atoms with Crippen LogP contribution in [0.3, 0.4) is 0 Å². The van der Waals surface area contributed by atoms with Gasteiger partial charge in [0.15, 0.2) is 0 Å². The minimum Gasteiger partial charge on any atom is -0.371 e. The van der Waals surface area contributed by atoms with Gasteiger partial charge in [-0.1, -0.05) is 18.2 Å². The Morgan fingerprint density at radius 1 is 1.25 bits per heavy atom. The van der Waals surface area contributed by atoms with Crippen LogP contribution in [0.15, 0.2) is 18.2 Å². The van der Waals surface area contributed by atoms with Gasteiger partial charge in [0.05, 0.1) is 6.61 Å². The van der Waals surface area contributed by atoms with Crippen LogP contribution in [0.2, 0.25) is 0 Å². The number of halogens is 3. The minimum atomic E-state index is -4.24. The third kappa shape index (κ3) is 4.49. The normalized spacial score (nSPS) is 16.2. The molecule has 0 heterocycles. The summed E-state index contributed by atoms with van der Waals surface area (Å²) in [5.41, 5.74) is 4.01. The number of nitrogens with one attached hydrogen (secondary N) is 1. The van der Waals surface area contributed by atoms with E-state index >= 15 is 0 Å². The molecule has 20 heavy (non-hydrogen) atoms. The monoisotopic (exact) mass is 287 g/mol. The maximum atomic E-state index is 11.9. The maximum Gasteiger partial charge on any atom is 0.411 e. The summed E-state index contributed by atoms with van der Waals surface area (Å²) < 4.78 is 40.2. The second-order valence-electron chi connectivity index (χ2n) is 5.23. The van der Waals surface area contributed by atoms with Gasteiger partial charge in [0, 0.05) is 12.6 Å². The zero-order valence-electron chi connectivity index (χ0n) is 11.6. The van der Waals surface area contributed by atoms with Gasteiger partial charge < -0.3 is 10.1 Å². The average Bonchev–Trinajstić information content (AvgIpc) is 2.83. The number of alkyl halides is 3. The number of rotatable bonds is 6. The summed E-state index contributed by atoms with van der Waals surface area (Å²) in [6, 6.07) is 6.58. The van der Waals surface area contributed by atoms with Crippen molar-refractivity contribution in [3.8, 4) is 0 Å². The van der Waals surface area contributed by atoms with Crippen LogP contribution in [0.1, 0.15) is 36.1 Å². The summed E-state index contributed by atoms with van der Waals surface area (Å²) in [5.74, 6) is 0. The van der Waals surface area contributed by atoms with E-state index < -0.39 is 12.8 Å². The lowest BCUT2D eigenvalue weighted by Crippen LogP contribution is -2.26. The maximum absolute atomic E-state index is 11.9. The predicted octanol–water partition coefficient (Wildman–Crippen LogP) is 3.40. The molecule has 0 aliphatic heterocycles. The third-order valence-corrected chi connectivity index (χ3v) is 3.59. The van der Waals surface area contributed by atoms with Crippen LogP contribution in [0.4, 0.5) is 13.2 Å². The molecule has 5 heteroatoms. The fourth-order valence-corrected chi connectivity index (χ4v) is 2.51. The summed E-state index contributed by atoms with van der Waals surface area (Å²) >= 11 is 0. The van der Waals surface area contributed by atoms with Gasteiger partial charge in [-0.15, -0.1) is 0 Å². The van der Waals surface area contributed by atoms with Crippen LogP contribution in [-0.4, -0.2) is 25.9 Å². The lowest BCUT2D eigenvalue weighted by Gasteiger charge is -2.16. The van der Waals surface area contributed by atoms with Crippen molar-refractivity contribution < 1.29 is 17.9 Å². The zero-order valence-corrected chi connectivity index (χ0v) is 11.6. The molecule has 0 radical (unpaired) electrons. The van der Waals surface area contributed by atoms with Crippen molar-refractivity contribution in [3.63, 3.8) is 0 Å². The molecule has 0 saturated carbocycles. The number of hydrogen-bond donors (Lipinski definition) is 1. The molecule has 0 spiro atoms. The SMILES string of the molecule is CC(NCCOCC(F)(F)F)c1ccc2c(c1)CCC2. The summed E-state index contributed by atoms with van der Waals surface area (Å²) in [6.45, 7) is 1.31. The van der Waals surface area contributed by atoms with Gasteiger partial charge in [0.2, 0.25) is 0 Å².